The largest absolute Gasteiger partial charge is 0.497 e. The van der Waals surface area contributed by atoms with E-state index in [1.165, 1.54) is 0 Å². The number of hydrogen-bond donors (Lipinski definition) is 1. The van der Waals surface area contributed by atoms with Crippen molar-refractivity contribution in [2.45, 2.75) is 13.3 Å². The van der Waals surface area contributed by atoms with E-state index in [0.717, 1.165) is 28.2 Å². The third-order valence-electron chi connectivity index (χ3n) is 4.57. The first-order valence-corrected chi connectivity index (χ1v) is 9.19. The van der Waals surface area contributed by atoms with E-state index >= 15 is 0 Å². The molecular weight excluding hydrogens is 374 g/mol. The SMILES string of the molecule is COc1ccc(C(=O)Nc2ccc(Cl)c(C3=Nc4ncc(C)cc4C3)c2)cc1. The molecule has 3 aromatic rings. The Morgan fingerprint density at radius 3 is 2.68 bits per heavy atom. The van der Waals surface area contributed by atoms with Gasteiger partial charge in [0.2, 0.25) is 0 Å². The summed E-state index contributed by atoms with van der Waals surface area (Å²) in [6.07, 6.45) is 2.47. The van der Waals surface area contributed by atoms with Crippen LogP contribution in [0.3, 0.4) is 0 Å². The van der Waals surface area contributed by atoms with Gasteiger partial charge in [0.15, 0.2) is 5.82 Å². The highest BCUT2D eigenvalue weighted by Crippen LogP contribution is 2.31. The van der Waals surface area contributed by atoms with Gasteiger partial charge in [-0.1, -0.05) is 17.7 Å². The number of halogens is 1. The number of rotatable bonds is 4. The van der Waals surface area contributed by atoms with E-state index < -0.39 is 0 Å². The monoisotopic (exact) mass is 391 g/mol. The molecule has 28 heavy (non-hydrogen) atoms. The minimum Gasteiger partial charge on any atom is -0.497 e. The van der Waals surface area contributed by atoms with Crippen molar-refractivity contribution in [3.05, 3.63) is 82.0 Å². The quantitative estimate of drug-likeness (QED) is 0.682. The molecule has 1 aromatic heterocycles. The highest BCUT2D eigenvalue weighted by atomic mass is 35.5. The second kappa shape index (κ2) is 7.44. The second-order valence-corrected chi connectivity index (χ2v) is 7.02. The Morgan fingerprint density at radius 2 is 1.93 bits per heavy atom. The van der Waals surface area contributed by atoms with Crippen molar-refractivity contribution in [1.82, 2.24) is 4.98 Å². The summed E-state index contributed by atoms with van der Waals surface area (Å²) in [4.78, 5) is 21.5. The van der Waals surface area contributed by atoms with Crippen LogP contribution in [-0.4, -0.2) is 23.7 Å². The molecule has 0 spiro atoms. The molecule has 0 fully saturated rings. The van der Waals surface area contributed by atoms with Crippen LogP contribution in [-0.2, 0) is 6.42 Å². The molecule has 6 heteroatoms. The van der Waals surface area contributed by atoms with Crippen molar-refractivity contribution in [3.63, 3.8) is 0 Å². The lowest BCUT2D eigenvalue weighted by molar-refractivity contribution is 0.102. The number of nitrogens with one attached hydrogen (secondary N) is 1. The summed E-state index contributed by atoms with van der Waals surface area (Å²) in [5.41, 5.74) is 5.02. The molecular formula is C22H18ClN3O2. The molecule has 5 nitrogen and oxygen atoms in total. The molecule has 0 bridgehead atoms. The van der Waals surface area contributed by atoms with Gasteiger partial charge >= 0.3 is 0 Å². The Hall–Kier alpha value is -3.18. The fourth-order valence-corrected chi connectivity index (χ4v) is 3.35. The van der Waals surface area contributed by atoms with Crippen LogP contribution in [0.15, 0.2) is 59.7 Å². The molecule has 0 aliphatic carbocycles. The average molecular weight is 392 g/mol. The Bertz CT molecular complexity index is 1090. The fraction of sp³-hybridized carbons (Fsp3) is 0.136. The number of carbonyl (C=O) groups excluding carboxylic acids is 1. The first kappa shape index (κ1) is 18.2. The zero-order valence-corrected chi connectivity index (χ0v) is 16.2. The molecule has 0 radical (unpaired) electrons. The van der Waals surface area contributed by atoms with Crippen molar-refractivity contribution in [3.8, 4) is 5.75 Å². The lowest BCUT2D eigenvalue weighted by Crippen LogP contribution is -2.12. The van der Waals surface area contributed by atoms with Gasteiger partial charge in [-0.3, -0.25) is 4.79 Å². The number of anilines is 1. The summed E-state index contributed by atoms with van der Waals surface area (Å²) in [6, 6.07) is 14.4. The Labute approximate surface area is 168 Å². The van der Waals surface area contributed by atoms with E-state index in [-0.39, 0.29) is 5.91 Å². The third kappa shape index (κ3) is 3.62. The van der Waals surface area contributed by atoms with Crippen LogP contribution in [0.4, 0.5) is 11.5 Å². The van der Waals surface area contributed by atoms with E-state index in [1.807, 2.05) is 13.0 Å². The number of fused-ring (bicyclic) bond motifs is 1. The Morgan fingerprint density at radius 1 is 1.14 bits per heavy atom. The van der Waals surface area contributed by atoms with Gasteiger partial charge in [-0.2, -0.15) is 0 Å². The number of methoxy groups -OCH3 is 1. The van der Waals surface area contributed by atoms with Gasteiger partial charge in [0.05, 0.1) is 12.8 Å². The number of carbonyl (C=O) groups is 1. The minimum absolute atomic E-state index is 0.204. The summed E-state index contributed by atoms with van der Waals surface area (Å²) in [5.74, 6) is 1.22. The van der Waals surface area contributed by atoms with Crippen LogP contribution >= 0.6 is 11.6 Å². The lowest BCUT2D eigenvalue weighted by atomic mass is 10.0. The van der Waals surface area contributed by atoms with Crippen LogP contribution in [0, 0.1) is 6.92 Å². The van der Waals surface area contributed by atoms with E-state index in [9.17, 15) is 4.79 Å². The maximum Gasteiger partial charge on any atom is 0.255 e. The zero-order valence-electron chi connectivity index (χ0n) is 15.5. The number of hydrogen-bond acceptors (Lipinski definition) is 4. The van der Waals surface area contributed by atoms with Crippen LogP contribution in [0.1, 0.15) is 27.0 Å². The standard InChI is InChI=1S/C22H18ClN3O2/c1-13-9-15-10-20(26-21(15)24-12-13)18-11-16(5-8-19(18)23)25-22(27)14-3-6-17(28-2)7-4-14/h3-9,11-12H,10H2,1-2H3,(H,25,27). The summed E-state index contributed by atoms with van der Waals surface area (Å²) in [6.45, 7) is 2.01. The molecule has 1 amide bonds. The lowest BCUT2D eigenvalue weighted by Gasteiger charge is -2.10. The number of nitrogens with zero attached hydrogens (tertiary/aromatic N) is 2. The zero-order chi connectivity index (χ0) is 19.7. The molecule has 1 aliphatic rings. The predicted molar refractivity (Wildman–Crippen MR) is 111 cm³/mol. The fourth-order valence-electron chi connectivity index (χ4n) is 3.13. The van der Waals surface area contributed by atoms with Gasteiger partial charge in [0.25, 0.3) is 5.91 Å². The van der Waals surface area contributed by atoms with Crippen molar-refractivity contribution >= 4 is 34.7 Å². The molecule has 0 unspecified atom stereocenters. The molecule has 140 valence electrons. The average Bonchev–Trinajstić information content (AvgIpc) is 3.12. The summed E-state index contributed by atoms with van der Waals surface area (Å²) in [5, 5.41) is 3.50. The Balaban J connectivity index is 1.57. The summed E-state index contributed by atoms with van der Waals surface area (Å²) >= 11 is 6.41. The van der Waals surface area contributed by atoms with Gasteiger partial charge < -0.3 is 10.1 Å². The molecule has 2 aromatic carbocycles. The van der Waals surface area contributed by atoms with Crippen LogP contribution in [0.25, 0.3) is 0 Å². The maximum atomic E-state index is 12.5. The van der Waals surface area contributed by atoms with E-state index in [2.05, 4.69) is 21.4 Å². The van der Waals surface area contributed by atoms with Gasteiger partial charge in [-0.15, -0.1) is 0 Å². The Kier molecular flexibility index (Phi) is 4.84. The minimum atomic E-state index is -0.204. The smallest absolute Gasteiger partial charge is 0.255 e. The summed E-state index contributed by atoms with van der Waals surface area (Å²) in [7, 11) is 1.59. The van der Waals surface area contributed by atoms with E-state index in [1.54, 1.807) is 49.7 Å². The molecule has 1 N–H and O–H groups in total. The molecule has 0 saturated heterocycles. The van der Waals surface area contributed by atoms with Gasteiger partial charge in [-0.25, -0.2) is 9.98 Å². The van der Waals surface area contributed by atoms with Crippen LogP contribution in [0.5, 0.6) is 5.75 Å². The van der Waals surface area contributed by atoms with Crippen molar-refractivity contribution < 1.29 is 9.53 Å². The highest BCUT2D eigenvalue weighted by Gasteiger charge is 2.20. The number of pyridine rings is 1. The number of aryl methyl sites for hydroxylation is 1. The first-order valence-electron chi connectivity index (χ1n) is 8.82. The van der Waals surface area contributed by atoms with Gasteiger partial charge in [0.1, 0.15) is 5.75 Å². The molecule has 1 aliphatic heterocycles. The number of aromatic nitrogens is 1. The van der Waals surface area contributed by atoms with E-state index in [0.29, 0.717) is 28.4 Å². The maximum absolute atomic E-state index is 12.5. The number of aliphatic imine (C=N–C) groups is 1. The van der Waals surface area contributed by atoms with Gasteiger partial charge in [-0.05, 0) is 55.0 Å². The van der Waals surface area contributed by atoms with E-state index in [4.69, 9.17) is 16.3 Å². The first-order chi connectivity index (χ1) is 13.5. The van der Waals surface area contributed by atoms with Crippen molar-refractivity contribution in [2.24, 2.45) is 4.99 Å². The molecule has 2 heterocycles. The third-order valence-corrected chi connectivity index (χ3v) is 4.90. The van der Waals surface area contributed by atoms with Crippen molar-refractivity contribution in [2.75, 3.05) is 12.4 Å². The normalized spacial score (nSPS) is 12.3. The number of benzene rings is 2. The van der Waals surface area contributed by atoms with Crippen molar-refractivity contribution in [1.29, 1.82) is 0 Å². The number of ether oxygens (including phenoxy) is 1. The topological polar surface area (TPSA) is 63.6 Å². The second-order valence-electron chi connectivity index (χ2n) is 6.61. The van der Waals surface area contributed by atoms with Gasteiger partial charge in [0, 0.05) is 40.0 Å². The predicted octanol–water partition coefficient (Wildman–Crippen LogP) is 4.98. The molecule has 0 atom stereocenters. The van der Waals surface area contributed by atoms with Crippen LogP contribution in [0.2, 0.25) is 5.02 Å². The number of amides is 1. The highest BCUT2D eigenvalue weighted by molar-refractivity contribution is 6.34. The van der Waals surface area contributed by atoms with Crippen LogP contribution < -0.4 is 10.1 Å². The molecule has 0 saturated carbocycles. The molecule has 4 rings (SSSR count). The summed E-state index contributed by atoms with van der Waals surface area (Å²) < 4.78 is 5.12.